The Morgan fingerprint density at radius 2 is 2.20 bits per heavy atom. The van der Waals surface area contributed by atoms with Crippen molar-refractivity contribution in [3.63, 3.8) is 0 Å². The summed E-state index contributed by atoms with van der Waals surface area (Å²) in [5, 5.41) is 0. The summed E-state index contributed by atoms with van der Waals surface area (Å²) in [6.45, 7) is 2.85. The second-order valence-electron chi connectivity index (χ2n) is 2.50. The average Bonchev–Trinajstić information content (AvgIpc) is 1.99. The van der Waals surface area contributed by atoms with Crippen LogP contribution in [0, 0.1) is 0 Å². The first-order valence-corrected chi connectivity index (χ1v) is 4.39. The monoisotopic (exact) mass is 163 g/mol. The van der Waals surface area contributed by atoms with Gasteiger partial charge in [0.15, 0.2) is 0 Å². The normalized spacial score (nSPS) is 16.8. The number of ether oxygens (including phenoxy) is 1. The molecule has 2 N–H and O–H groups in total. The van der Waals surface area contributed by atoms with Crippen LogP contribution in [0.25, 0.3) is 0 Å². The zero-order chi connectivity index (χ0) is 7.98. The largest absolute Gasteiger partial charge is 0.381 e. The Labute approximate surface area is 65.7 Å². The fourth-order valence-electron chi connectivity index (χ4n) is 0.863. The lowest BCUT2D eigenvalue weighted by molar-refractivity contribution is 0.0922. The first-order chi connectivity index (χ1) is 4.74. The fraction of sp³-hybridized carbons (Fsp3) is 1.00. The molecule has 0 saturated carbocycles. The molecule has 62 valence electrons. The molecule has 3 heteroatoms. The highest BCUT2D eigenvalue weighted by atomic mass is 31.0. The highest BCUT2D eigenvalue weighted by Gasteiger charge is 2.08. The number of hydrogen-bond acceptors (Lipinski definition) is 2. The maximum atomic E-state index is 5.45. The minimum Gasteiger partial charge on any atom is -0.381 e. The van der Waals surface area contributed by atoms with Crippen molar-refractivity contribution in [1.82, 2.24) is 0 Å². The van der Waals surface area contributed by atoms with Gasteiger partial charge in [-0.15, -0.1) is 9.24 Å². The van der Waals surface area contributed by atoms with E-state index in [9.17, 15) is 0 Å². The van der Waals surface area contributed by atoms with E-state index in [1.807, 2.05) is 0 Å². The number of nitrogens with two attached hydrogens (primary N) is 1. The number of rotatable bonds is 5. The summed E-state index contributed by atoms with van der Waals surface area (Å²) in [4.78, 5) is 0. The highest BCUT2D eigenvalue weighted by molar-refractivity contribution is 7.17. The van der Waals surface area contributed by atoms with Crippen LogP contribution in [-0.4, -0.2) is 25.4 Å². The van der Waals surface area contributed by atoms with Gasteiger partial charge in [-0.3, -0.25) is 0 Å². The van der Waals surface area contributed by atoms with E-state index in [2.05, 4.69) is 16.2 Å². The van der Waals surface area contributed by atoms with Gasteiger partial charge in [0.2, 0.25) is 0 Å². The van der Waals surface area contributed by atoms with E-state index in [1.54, 1.807) is 7.11 Å². The fourth-order valence-corrected chi connectivity index (χ4v) is 1.17. The molecule has 0 aromatic carbocycles. The van der Waals surface area contributed by atoms with Crippen molar-refractivity contribution in [2.75, 3.05) is 13.7 Å². The van der Waals surface area contributed by atoms with Crippen molar-refractivity contribution in [3.05, 3.63) is 0 Å². The zero-order valence-electron chi connectivity index (χ0n) is 6.84. The third kappa shape index (κ3) is 4.21. The average molecular weight is 163 g/mol. The molecule has 0 aromatic heterocycles. The predicted molar refractivity (Wildman–Crippen MR) is 48.3 cm³/mol. The van der Waals surface area contributed by atoms with Gasteiger partial charge in [0.25, 0.3) is 0 Å². The van der Waals surface area contributed by atoms with E-state index < -0.39 is 0 Å². The van der Waals surface area contributed by atoms with Crippen molar-refractivity contribution in [2.45, 2.75) is 31.5 Å². The van der Waals surface area contributed by atoms with Gasteiger partial charge in [-0.2, -0.15) is 0 Å². The van der Waals surface area contributed by atoms with Gasteiger partial charge < -0.3 is 10.5 Å². The zero-order valence-corrected chi connectivity index (χ0v) is 7.99. The van der Waals surface area contributed by atoms with E-state index in [0.29, 0.717) is 11.8 Å². The van der Waals surface area contributed by atoms with Gasteiger partial charge in [0.1, 0.15) is 0 Å². The lowest BCUT2D eigenvalue weighted by Gasteiger charge is -2.16. The van der Waals surface area contributed by atoms with Gasteiger partial charge >= 0.3 is 0 Å². The maximum Gasteiger partial charge on any atom is 0.0575 e. The SMILES string of the molecule is CCC(CC(P)CN)OC. The minimum atomic E-state index is 0.381. The molecular formula is C7H18NOP. The van der Waals surface area contributed by atoms with Crippen LogP contribution in [0.4, 0.5) is 0 Å². The van der Waals surface area contributed by atoms with Crippen LogP contribution in [0.1, 0.15) is 19.8 Å². The third-order valence-corrected chi connectivity index (χ3v) is 2.20. The van der Waals surface area contributed by atoms with Crippen LogP contribution in [0.3, 0.4) is 0 Å². The Morgan fingerprint density at radius 3 is 2.50 bits per heavy atom. The lowest BCUT2D eigenvalue weighted by atomic mass is 10.1. The summed E-state index contributed by atoms with van der Waals surface area (Å²) in [7, 11) is 4.48. The van der Waals surface area contributed by atoms with E-state index in [1.165, 1.54) is 0 Å². The van der Waals surface area contributed by atoms with Gasteiger partial charge in [-0.1, -0.05) is 6.92 Å². The molecule has 0 aromatic rings. The Bertz CT molecular complexity index is 76.0. The molecule has 3 atom stereocenters. The van der Waals surface area contributed by atoms with Crippen LogP contribution < -0.4 is 5.73 Å². The summed E-state index contributed by atoms with van der Waals surface area (Å²) in [5.74, 6) is 0. The molecule has 10 heavy (non-hydrogen) atoms. The summed E-state index contributed by atoms with van der Waals surface area (Å²) in [5.41, 5.74) is 5.96. The molecular weight excluding hydrogens is 145 g/mol. The van der Waals surface area contributed by atoms with Crippen LogP contribution in [-0.2, 0) is 4.74 Å². The molecule has 0 spiro atoms. The Morgan fingerprint density at radius 1 is 1.60 bits per heavy atom. The van der Waals surface area contributed by atoms with Crippen molar-refractivity contribution in [1.29, 1.82) is 0 Å². The van der Waals surface area contributed by atoms with Crippen molar-refractivity contribution in [3.8, 4) is 0 Å². The van der Waals surface area contributed by atoms with E-state index in [-0.39, 0.29) is 0 Å². The molecule has 0 saturated heterocycles. The van der Waals surface area contributed by atoms with Crippen molar-refractivity contribution < 1.29 is 4.74 Å². The number of hydrogen-bond donors (Lipinski definition) is 1. The van der Waals surface area contributed by atoms with Gasteiger partial charge in [-0.25, -0.2) is 0 Å². The highest BCUT2D eigenvalue weighted by Crippen LogP contribution is 2.11. The Hall–Kier alpha value is 0.350. The minimum absolute atomic E-state index is 0.381. The van der Waals surface area contributed by atoms with E-state index in [4.69, 9.17) is 10.5 Å². The molecule has 0 bridgehead atoms. The smallest absolute Gasteiger partial charge is 0.0575 e. The Balaban J connectivity index is 3.41. The summed E-state index contributed by atoms with van der Waals surface area (Å²) < 4.78 is 5.20. The molecule has 2 nitrogen and oxygen atoms in total. The number of methoxy groups -OCH3 is 1. The van der Waals surface area contributed by atoms with Crippen LogP contribution in [0.5, 0.6) is 0 Å². The van der Waals surface area contributed by atoms with Gasteiger partial charge in [0.05, 0.1) is 6.10 Å². The maximum absolute atomic E-state index is 5.45. The first kappa shape index (κ1) is 10.3. The standard InChI is InChI=1S/C7H18NOP/c1-3-6(9-2)4-7(10)5-8/h6-7H,3-5,8,10H2,1-2H3. The first-order valence-electron chi connectivity index (χ1n) is 3.73. The second-order valence-corrected chi connectivity index (χ2v) is 3.44. The van der Waals surface area contributed by atoms with E-state index >= 15 is 0 Å². The van der Waals surface area contributed by atoms with Crippen LogP contribution >= 0.6 is 9.24 Å². The predicted octanol–water partition coefficient (Wildman–Crippen LogP) is 1.00. The van der Waals surface area contributed by atoms with Crippen LogP contribution in [0.2, 0.25) is 0 Å². The summed E-state index contributed by atoms with van der Waals surface area (Å²) in [6, 6.07) is 0. The molecule has 0 heterocycles. The summed E-state index contributed by atoms with van der Waals surface area (Å²) in [6.07, 6.45) is 2.50. The molecule has 0 rings (SSSR count). The summed E-state index contributed by atoms with van der Waals surface area (Å²) >= 11 is 0. The van der Waals surface area contributed by atoms with Crippen molar-refractivity contribution >= 4 is 9.24 Å². The Kier molecular flexibility index (Phi) is 6.30. The molecule has 0 radical (unpaired) electrons. The van der Waals surface area contributed by atoms with Gasteiger partial charge in [0, 0.05) is 7.11 Å². The van der Waals surface area contributed by atoms with Crippen LogP contribution in [0.15, 0.2) is 0 Å². The lowest BCUT2D eigenvalue weighted by Crippen LogP contribution is -2.21. The second kappa shape index (κ2) is 6.09. The molecule has 0 aliphatic heterocycles. The van der Waals surface area contributed by atoms with E-state index in [0.717, 1.165) is 19.4 Å². The molecule has 0 aliphatic rings. The quantitative estimate of drug-likeness (QED) is 0.614. The topological polar surface area (TPSA) is 35.2 Å². The van der Waals surface area contributed by atoms with Crippen molar-refractivity contribution in [2.24, 2.45) is 5.73 Å². The molecule has 0 aliphatic carbocycles. The van der Waals surface area contributed by atoms with Gasteiger partial charge in [-0.05, 0) is 25.0 Å². The molecule has 0 amide bonds. The molecule has 3 unspecified atom stereocenters. The molecule has 0 fully saturated rings. The third-order valence-electron chi connectivity index (χ3n) is 1.66.